The van der Waals surface area contributed by atoms with E-state index in [0.717, 1.165) is 61.5 Å². The van der Waals surface area contributed by atoms with E-state index < -0.39 is 6.09 Å². The number of nitrogens with zero attached hydrogens (tertiary/aromatic N) is 4. The van der Waals surface area contributed by atoms with E-state index in [-0.39, 0.29) is 5.91 Å². The van der Waals surface area contributed by atoms with E-state index >= 15 is 0 Å². The first-order chi connectivity index (χ1) is 18.2. The van der Waals surface area contributed by atoms with Crippen LogP contribution >= 0.6 is 11.6 Å². The van der Waals surface area contributed by atoms with Crippen molar-refractivity contribution in [3.8, 4) is 0 Å². The lowest BCUT2D eigenvalue weighted by Gasteiger charge is -2.24. The summed E-state index contributed by atoms with van der Waals surface area (Å²) in [4.78, 5) is 34.9. The molecule has 2 aromatic rings. The molecule has 2 unspecified atom stereocenters. The summed E-state index contributed by atoms with van der Waals surface area (Å²) in [5, 5.41) is 10.2. The zero-order valence-electron chi connectivity index (χ0n) is 23.0. The molecule has 3 fully saturated rings. The maximum absolute atomic E-state index is 13.1. The Morgan fingerprint density at radius 1 is 0.974 bits per heavy atom. The summed E-state index contributed by atoms with van der Waals surface area (Å²) in [6, 6.07) is 7.25. The monoisotopic (exact) mass is 540 g/mol. The molecule has 2 amide bonds. The minimum absolute atomic E-state index is 0.0907. The third kappa shape index (κ3) is 6.86. The summed E-state index contributed by atoms with van der Waals surface area (Å²) < 4.78 is 0. The summed E-state index contributed by atoms with van der Waals surface area (Å²) in [5.74, 6) is 1.03. The molecule has 1 N–H and O–H groups in total. The van der Waals surface area contributed by atoms with Crippen LogP contribution in [0.15, 0.2) is 30.5 Å². The van der Waals surface area contributed by atoms with Gasteiger partial charge in [0, 0.05) is 49.6 Å². The molecule has 1 aromatic heterocycles. The molecule has 0 spiro atoms. The minimum atomic E-state index is -0.969. The van der Waals surface area contributed by atoms with E-state index in [4.69, 9.17) is 11.6 Å². The van der Waals surface area contributed by atoms with Crippen LogP contribution in [0.1, 0.15) is 65.7 Å². The van der Waals surface area contributed by atoms with Gasteiger partial charge in [0.2, 0.25) is 0 Å². The number of amides is 2. The van der Waals surface area contributed by atoms with Crippen molar-refractivity contribution in [3.05, 3.63) is 57.9 Å². The zero-order valence-corrected chi connectivity index (χ0v) is 23.7. The fourth-order valence-electron chi connectivity index (χ4n) is 6.04. The van der Waals surface area contributed by atoms with Gasteiger partial charge in [0.15, 0.2) is 0 Å². The lowest BCUT2D eigenvalue weighted by Crippen LogP contribution is -2.36. The van der Waals surface area contributed by atoms with Gasteiger partial charge < -0.3 is 14.9 Å². The number of carbonyl (C=O) groups excluding carboxylic acids is 1. The van der Waals surface area contributed by atoms with Gasteiger partial charge in [-0.2, -0.15) is 0 Å². The summed E-state index contributed by atoms with van der Waals surface area (Å²) in [6.07, 6.45) is 9.02. The standard InChI is InChI=1S/C25H31ClN4O3.C5H10/c1-16-5-6-21(11-22(16)26)30(25(32)33)10-4-9-28-12-19-14-29(15-20(19)13-28)24(31)23-17(2)7-8-27-18(23)3;1-2-4-5-3-1/h5-8,11,19-20H,4,9-10,12-15H2,1-3H3,(H,32,33);1-5H2. The molecule has 0 radical (unpaired) electrons. The molecule has 2 aliphatic heterocycles. The Kier molecular flexibility index (Phi) is 9.66. The van der Waals surface area contributed by atoms with Crippen molar-refractivity contribution in [2.24, 2.45) is 11.8 Å². The van der Waals surface area contributed by atoms with Crippen LogP contribution in [0, 0.1) is 32.6 Å². The van der Waals surface area contributed by atoms with E-state index in [0.29, 0.717) is 29.1 Å². The number of fused-ring (bicyclic) bond motifs is 1. The van der Waals surface area contributed by atoms with E-state index in [1.165, 1.54) is 37.0 Å². The fourth-order valence-corrected chi connectivity index (χ4v) is 6.21. The van der Waals surface area contributed by atoms with Crippen LogP contribution in [-0.4, -0.2) is 71.2 Å². The number of carboxylic acid groups (broad SMARTS) is 1. The van der Waals surface area contributed by atoms with Crippen molar-refractivity contribution >= 4 is 29.3 Å². The molecule has 7 nitrogen and oxygen atoms in total. The molecule has 38 heavy (non-hydrogen) atoms. The molecule has 3 aliphatic rings. The first kappa shape index (κ1) is 28.4. The molecule has 3 heterocycles. The average molecular weight is 541 g/mol. The molecule has 1 aliphatic carbocycles. The predicted octanol–water partition coefficient (Wildman–Crippen LogP) is 6.19. The van der Waals surface area contributed by atoms with Gasteiger partial charge in [0.25, 0.3) is 5.91 Å². The van der Waals surface area contributed by atoms with Crippen molar-refractivity contribution in [3.63, 3.8) is 0 Å². The molecule has 1 saturated carbocycles. The Morgan fingerprint density at radius 3 is 2.16 bits per heavy atom. The Labute approximate surface area is 231 Å². The highest BCUT2D eigenvalue weighted by Gasteiger charge is 2.41. The molecular formula is C30H41ClN4O3. The Hall–Kier alpha value is -2.64. The highest BCUT2D eigenvalue weighted by molar-refractivity contribution is 6.31. The van der Waals surface area contributed by atoms with Crippen molar-refractivity contribution < 1.29 is 14.7 Å². The number of likely N-dealkylation sites (tertiary alicyclic amines) is 2. The van der Waals surface area contributed by atoms with Crippen molar-refractivity contribution in [2.45, 2.75) is 59.3 Å². The van der Waals surface area contributed by atoms with Crippen LogP contribution in [0.5, 0.6) is 0 Å². The minimum Gasteiger partial charge on any atom is -0.465 e. The second kappa shape index (κ2) is 12.9. The topological polar surface area (TPSA) is 77.0 Å². The first-order valence-corrected chi connectivity index (χ1v) is 14.3. The van der Waals surface area contributed by atoms with E-state index in [2.05, 4.69) is 9.88 Å². The molecular weight excluding hydrogens is 500 g/mol. The smallest absolute Gasteiger partial charge is 0.411 e. The van der Waals surface area contributed by atoms with Crippen LogP contribution < -0.4 is 4.90 Å². The third-order valence-electron chi connectivity index (χ3n) is 8.22. The van der Waals surface area contributed by atoms with Crippen LogP contribution in [-0.2, 0) is 0 Å². The van der Waals surface area contributed by atoms with Crippen molar-refractivity contribution in [1.82, 2.24) is 14.8 Å². The number of rotatable bonds is 6. The molecule has 1 aromatic carbocycles. The van der Waals surface area contributed by atoms with Gasteiger partial charge in [-0.25, -0.2) is 4.79 Å². The zero-order chi connectivity index (χ0) is 27.2. The average Bonchev–Trinajstić information content (AvgIpc) is 3.63. The summed E-state index contributed by atoms with van der Waals surface area (Å²) >= 11 is 6.19. The van der Waals surface area contributed by atoms with Crippen LogP contribution in [0.25, 0.3) is 0 Å². The van der Waals surface area contributed by atoms with Gasteiger partial charge in [0.1, 0.15) is 0 Å². The number of aromatic nitrogens is 1. The maximum atomic E-state index is 13.1. The molecule has 0 bridgehead atoms. The fraction of sp³-hybridized carbons (Fsp3) is 0.567. The van der Waals surface area contributed by atoms with Gasteiger partial charge in [-0.15, -0.1) is 0 Å². The SMILES string of the molecule is C1CCCC1.Cc1ccc(N(CCCN2CC3CN(C(=O)c4c(C)ccnc4C)CC3C2)C(=O)O)cc1Cl. The molecule has 5 rings (SSSR count). The van der Waals surface area contributed by atoms with Crippen molar-refractivity contribution in [2.75, 3.05) is 44.2 Å². The number of halogens is 1. The van der Waals surface area contributed by atoms with Crippen molar-refractivity contribution in [1.29, 1.82) is 0 Å². The second-order valence-corrected chi connectivity index (χ2v) is 11.5. The Balaban J connectivity index is 0.000000603. The predicted molar refractivity (Wildman–Crippen MR) is 152 cm³/mol. The molecule has 8 heteroatoms. The highest BCUT2D eigenvalue weighted by Crippen LogP contribution is 2.32. The lowest BCUT2D eigenvalue weighted by molar-refractivity contribution is 0.0772. The second-order valence-electron chi connectivity index (χ2n) is 11.1. The number of anilines is 1. The van der Waals surface area contributed by atoms with Gasteiger partial charge in [-0.3, -0.25) is 14.7 Å². The molecule has 2 saturated heterocycles. The first-order valence-electron chi connectivity index (χ1n) is 13.9. The number of aryl methyl sites for hydroxylation is 3. The lowest BCUT2D eigenvalue weighted by atomic mass is 10.0. The quantitative estimate of drug-likeness (QED) is 0.473. The highest BCUT2D eigenvalue weighted by atomic mass is 35.5. The van der Waals surface area contributed by atoms with E-state index in [1.807, 2.05) is 37.8 Å². The van der Waals surface area contributed by atoms with Crippen LogP contribution in [0.3, 0.4) is 0 Å². The van der Waals surface area contributed by atoms with E-state index in [1.54, 1.807) is 18.3 Å². The molecule has 2 atom stereocenters. The van der Waals surface area contributed by atoms with Gasteiger partial charge in [0.05, 0.1) is 11.3 Å². The largest absolute Gasteiger partial charge is 0.465 e. The van der Waals surface area contributed by atoms with Crippen LogP contribution in [0.2, 0.25) is 5.02 Å². The number of pyridine rings is 1. The van der Waals surface area contributed by atoms with Crippen LogP contribution in [0.4, 0.5) is 10.5 Å². The van der Waals surface area contributed by atoms with Gasteiger partial charge in [-0.05, 0) is 74.9 Å². The Bertz CT molecular complexity index is 1090. The van der Waals surface area contributed by atoms with Gasteiger partial charge in [-0.1, -0.05) is 49.8 Å². The number of benzene rings is 1. The third-order valence-corrected chi connectivity index (χ3v) is 8.62. The summed E-state index contributed by atoms with van der Waals surface area (Å²) in [7, 11) is 0. The molecule has 206 valence electrons. The van der Waals surface area contributed by atoms with E-state index in [9.17, 15) is 14.7 Å². The normalized spacial score (nSPS) is 20.7. The number of hydrogen-bond acceptors (Lipinski definition) is 4. The Morgan fingerprint density at radius 2 is 1.61 bits per heavy atom. The van der Waals surface area contributed by atoms with Gasteiger partial charge >= 0.3 is 6.09 Å². The number of hydrogen-bond donors (Lipinski definition) is 1. The summed E-state index contributed by atoms with van der Waals surface area (Å²) in [5.41, 5.74) is 4.03. The number of carbonyl (C=O) groups is 2. The summed E-state index contributed by atoms with van der Waals surface area (Å²) in [6.45, 7) is 10.5. The maximum Gasteiger partial charge on any atom is 0.411 e.